The molecule has 0 aromatic carbocycles. The molecule has 4 N–H and O–H groups in total. The van der Waals surface area contributed by atoms with Gasteiger partial charge in [0.15, 0.2) is 0 Å². The van der Waals surface area contributed by atoms with Gasteiger partial charge in [0, 0.05) is 28.9 Å². The zero-order chi connectivity index (χ0) is 8.55. The fourth-order valence-electron chi connectivity index (χ4n) is 1.34. The minimum Gasteiger partial charge on any atom is -0.326 e. The summed E-state index contributed by atoms with van der Waals surface area (Å²) in [5, 5.41) is 0. The number of thiophene rings is 1. The van der Waals surface area contributed by atoms with E-state index in [-0.39, 0.29) is 18.6 Å². The van der Waals surface area contributed by atoms with E-state index >= 15 is 0 Å². The van der Waals surface area contributed by atoms with Crippen LogP contribution in [-0.2, 0) is 13.0 Å². The lowest BCUT2D eigenvalue weighted by molar-refractivity contribution is 0.774. The highest BCUT2D eigenvalue weighted by Gasteiger charge is 2.16. The third kappa shape index (κ3) is 1.91. The highest BCUT2D eigenvalue weighted by atomic mass is 35.5. The summed E-state index contributed by atoms with van der Waals surface area (Å²) >= 11 is 1.68. The Hall–Kier alpha value is -0.420. The molecule has 0 aliphatic carbocycles. The first kappa shape index (κ1) is 10.7. The first-order valence-electron chi connectivity index (χ1n) is 3.90. The van der Waals surface area contributed by atoms with Crippen LogP contribution in [0.2, 0.25) is 0 Å². The maximum atomic E-state index is 5.79. The Balaban J connectivity index is 0.000000845. The van der Waals surface area contributed by atoms with Crippen LogP contribution in [0, 0.1) is 0 Å². The second kappa shape index (κ2) is 4.19. The van der Waals surface area contributed by atoms with Gasteiger partial charge < -0.3 is 11.5 Å². The van der Waals surface area contributed by atoms with Crippen molar-refractivity contribution in [1.82, 2.24) is 0 Å². The molecule has 72 valence electrons. The van der Waals surface area contributed by atoms with Crippen LogP contribution in [0.5, 0.6) is 0 Å². The molecule has 2 heterocycles. The van der Waals surface area contributed by atoms with Gasteiger partial charge in [0.25, 0.3) is 0 Å². The van der Waals surface area contributed by atoms with Crippen molar-refractivity contribution in [2.75, 3.05) is 0 Å². The minimum atomic E-state index is -0.154. The molecule has 0 saturated heterocycles. The molecule has 0 spiro atoms. The molecule has 13 heavy (non-hydrogen) atoms. The van der Waals surface area contributed by atoms with Gasteiger partial charge in [0.05, 0.1) is 0 Å². The Morgan fingerprint density at radius 1 is 1.62 bits per heavy atom. The third-order valence-electron chi connectivity index (χ3n) is 1.94. The summed E-state index contributed by atoms with van der Waals surface area (Å²) in [4.78, 5) is 6.52. The Bertz CT molecular complexity index is 321. The van der Waals surface area contributed by atoms with Crippen molar-refractivity contribution in [2.45, 2.75) is 19.1 Å². The van der Waals surface area contributed by atoms with Gasteiger partial charge in [0.1, 0.15) is 6.17 Å². The zero-order valence-corrected chi connectivity index (χ0v) is 8.70. The largest absolute Gasteiger partial charge is 0.326 e. The van der Waals surface area contributed by atoms with Gasteiger partial charge in [0.2, 0.25) is 0 Å². The fourth-order valence-corrected chi connectivity index (χ4v) is 2.37. The van der Waals surface area contributed by atoms with Gasteiger partial charge in [-0.15, -0.1) is 23.7 Å². The van der Waals surface area contributed by atoms with Gasteiger partial charge in [-0.2, -0.15) is 0 Å². The number of hydrogen-bond donors (Lipinski definition) is 2. The van der Waals surface area contributed by atoms with Gasteiger partial charge in [-0.25, -0.2) is 0 Å². The van der Waals surface area contributed by atoms with E-state index in [1.54, 1.807) is 11.3 Å². The molecule has 3 nitrogen and oxygen atoms in total. The Labute approximate surface area is 87.3 Å². The number of halogens is 1. The molecule has 5 heteroatoms. The van der Waals surface area contributed by atoms with Crippen molar-refractivity contribution < 1.29 is 0 Å². The highest BCUT2D eigenvalue weighted by Crippen LogP contribution is 2.30. The summed E-state index contributed by atoms with van der Waals surface area (Å²) in [7, 11) is 0. The molecule has 0 bridgehead atoms. The van der Waals surface area contributed by atoms with E-state index in [9.17, 15) is 0 Å². The number of fused-ring (bicyclic) bond motifs is 1. The predicted octanol–water partition coefficient (Wildman–Crippen LogP) is 1.21. The second-order valence-corrected chi connectivity index (χ2v) is 3.96. The lowest BCUT2D eigenvalue weighted by Crippen LogP contribution is -2.12. The number of nitrogens with two attached hydrogens (primary N) is 2. The third-order valence-corrected chi connectivity index (χ3v) is 3.21. The number of aliphatic imine (C=N–C) groups is 1. The minimum absolute atomic E-state index is 0. The summed E-state index contributed by atoms with van der Waals surface area (Å²) in [5.74, 6) is 0. The lowest BCUT2D eigenvalue weighted by Gasteiger charge is -2.10. The molecule has 0 fully saturated rings. The molecule has 0 amide bonds. The van der Waals surface area contributed by atoms with E-state index in [4.69, 9.17) is 11.5 Å². The summed E-state index contributed by atoms with van der Waals surface area (Å²) in [6, 6.07) is 2.13. The van der Waals surface area contributed by atoms with Crippen LogP contribution < -0.4 is 11.5 Å². The SMILES string of the molecule is Cl.NCc1cc2c(s1)C(N)N=CC2. The predicted molar refractivity (Wildman–Crippen MR) is 58.6 cm³/mol. The lowest BCUT2D eigenvalue weighted by atomic mass is 10.1. The second-order valence-electron chi connectivity index (χ2n) is 2.79. The van der Waals surface area contributed by atoms with Crippen LogP contribution in [0.25, 0.3) is 0 Å². The summed E-state index contributed by atoms with van der Waals surface area (Å²) in [5.41, 5.74) is 12.6. The molecule has 0 radical (unpaired) electrons. The van der Waals surface area contributed by atoms with Crippen LogP contribution in [0.3, 0.4) is 0 Å². The van der Waals surface area contributed by atoms with Crippen LogP contribution >= 0.6 is 23.7 Å². The van der Waals surface area contributed by atoms with E-state index < -0.39 is 0 Å². The van der Waals surface area contributed by atoms with Crippen LogP contribution in [-0.4, -0.2) is 6.21 Å². The van der Waals surface area contributed by atoms with Crippen molar-refractivity contribution in [1.29, 1.82) is 0 Å². The first-order chi connectivity index (χ1) is 5.81. The van der Waals surface area contributed by atoms with Crippen molar-refractivity contribution in [3.8, 4) is 0 Å². The zero-order valence-electron chi connectivity index (χ0n) is 7.06. The molecular formula is C8H12ClN3S. The Morgan fingerprint density at radius 3 is 3.00 bits per heavy atom. The molecule has 1 unspecified atom stereocenters. The molecular weight excluding hydrogens is 206 g/mol. The average Bonchev–Trinajstić information content (AvgIpc) is 2.49. The fraction of sp³-hybridized carbons (Fsp3) is 0.375. The number of rotatable bonds is 1. The van der Waals surface area contributed by atoms with Crippen molar-refractivity contribution >= 4 is 30.0 Å². The van der Waals surface area contributed by atoms with Crippen molar-refractivity contribution in [2.24, 2.45) is 16.5 Å². The van der Waals surface area contributed by atoms with E-state index in [1.807, 2.05) is 6.21 Å². The average molecular weight is 218 g/mol. The first-order valence-corrected chi connectivity index (χ1v) is 4.71. The molecule has 1 aliphatic heterocycles. The number of hydrogen-bond acceptors (Lipinski definition) is 4. The van der Waals surface area contributed by atoms with Crippen LogP contribution in [0.1, 0.15) is 21.5 Å². The van der Waals surface area contributed by atoms with Gasteiger partial charge in [-0.3, -0.25) is 4.99 Å². The molecule has 2 rings (SSSR count). The summed E-state index contributed by atoms with van der Waals surface area (Å²) in [6.07, 6.45) is 2.62. The van der Waals surface area contributed by atoms with Crippen molar-refractivity contribution in [3.05, 3.63) is 21.4 Å². The van der Waals surface area contributed by atoms with E-state index in [2.05, 4.69) is 11.1 Å². The molecule has 1 aliphatic rings. The van der Waals surface area contributed by atoms with E-state index in [1.165, 1.54) is 15.3 Å². The van der Waals surface area contributed by atoms with Gasteiger partial charge >= 0.3 is 0 Å². The van der Waals surface area contributed by atoms with Gasteiger partial charge in [-0.05, 0) is 11.6 Å². The Kier molecular flexibility index (Phi) is 3.44. The molecule has 1 aromatic heterocycles. The maximum Gasteiger partial charge on any atom is 0.132 e. The summed E-state index contributed by atoms with van der Waals surface area (Å²) in [6.45, 7) is 0.602. The van der Waals surface area contributed by atoms with Crippen LogP contribution in [0.15, 0.2) is 11.1 Å². The van der Waals surface area contributed by atoms with E-state index in [0.717, 1.165) is 6.42 Å². The summed E-state index contributed by atoms with van der Waals surface area (Å²) < 4.78 is 0. The van der Waals surface area contributed by atoms with E-state index in [0.29, 0.717) is 6.54 Å². The maximum absolute atomic E-state index is 5.79. The molecule has 1 atom stereocenters. The Morgan fingerprint density at radius 2 is 2.38 bits per heavy atom. The standard InChI is InChI=1S/C8H11N3S.ClH/c9-4-6-3-5-1-2-11-8(10)7(5)12-6;/h2-3,8H,1,4,9-10H2;1H. The topological polar surface area (TPSA) is 64.4 Å². The number of nitrogens with zero attached hydrogens (tertiary/aromatic N) is 1. The van der Waals surface area contributed by atoms with Crippen LogP contribution in [0.4, 0.5) is 0 Å². The van der Waals surface area contributed by atoms with Gasteiger partial charge in [-0.1, -0.05) is 0 Å². The highest BCUT2D eigenvalue weighted by molar-refractivity contribution is 7.12. The molecule has 0 saturated carbocycles. The quantitative estimate of drug-likeness (QED) is 0.743. The smallest absolute Gasteiger partial charge is 0.132 e. The monoisotopic (exact) mass is 217 g/mol. The van der Waals surface area contributed by atoms with Crippen molar-refractivity contribution in [3.63, 3.8) is 0 Å². The normalized spacial score (nSPS) is 19.4. The molecule has 1 aromatic rings.